The lowest BCUT2D eigenvalue weighted by Gasteiger charge is -2.33. The number of ether oxygens (including phenoxy) is 1. The van der Waals surface area contributed by atoms with Crippen LogP contribution in [0.15, 0.2) is 59.2 Å². The Kier molecular flexibility index (Phi) is 5.68. The van der Waals surface area contributed by atoms with Gasteiger partial charge in [-0.1, -0.05) is 5.57 Å². The number of carbonyl (C=O) groups is 1. The van der Waals surface area contributed by atoms with Gasteiger partial charge in [0.15, 0.2) is 0 Å². The van der Waals surface area contributed by atoms with Gasteiger partial charge >= 0.3 is 6.03 Å². The number of hydrogen-bond donors (Lipinski definition) is 0. The van der Waals surface area contributed by atoms with Gasteiger partial charge in [0.2, 0.25) is 0 Å². The average molecular weight is 328 g/mol. The zero-order chi connectivity index (χ0) is 17.7. The fourth-order valence-electron chi connectivity index (χ4n) is 2.51. The van der Waals surface area contributed by atoms with Crippen molar-refractivity contribution in [3.8, 4) is 5.75 Å². The first kappa shape index (κ1) is 17.7. The first-order valence-electron chi connectivity index (χ1n) is 7.76. The van der Waals surface area contributed by atoms with Crippen LogP contribution in [0.3, 0.4) is 0 Å². The topological polar surface area (TPSA) is 45.9 Å². The van der Waals surface area contributed by atoms with Crippen molar-refractivity contribution in [3.05, 3.63) is 60.6 Å². The van der Waals surface area contributed by atoms with Crippen LogP contribution in [0.2, 0.25) is 0 Å². The van der Waals surface area contributed by atoms with Crippen molar-refractivity contribution < 1.29 is 13.9 Å². The van der Waals surface area contributed by atoms with E-state index in [4.69, 9.17) is 9.15 Å². The molecule has 128 valence electrons. The Hall–Kier alpha value is -2.69. The van der Waals surface area contributed by atoms with Gasteiger partial charge in [-0.2, -0.15) is 0 Å². The van der Waals surface area contributed by atoms with Gasteiger partial charge in [-0.15, -0.1) is 6.58 Å². The summed E-state index contributed by atoms with van der Waals surface area (Å²) in [5.41, 5.74) is 1.75. The molecular formula is C19H24N2O3. The molecule has 1 aromatic carbocycles. The Morgan fingerprint density at radius 3 is 2.38 bits per heavy atom. The second-order valence-corrected chi connectivity index (χ2v) is 5.94. The number of anilines is 1. The minimum absolute atomic E-state index is 0.122. The lowest BCUT2D eigenvalue weighted by molar-refractivity contribution is 0.220. The SMILES string of the molecule is C=C(C)CC(c1ccco1)N(C(=O)N(C)C)c1ccc(OC)cc1. The molecule has 2 rings (SSSR count). The van der Waals surface area contributed by atoms with Crippen LogP contribution in [-0.2, 0) is 0 Å². The van der Waals surface area contributed by atoms with Gasteiger partial charge < -0.3 is 14.1 Å². The van der Waals surface area contributed by atoms with E-state index in [0.717, 1.165) is 22.8 Å². The number of rotatable bonds is 6. The molecule has 2 amide bonds. The second kappa shape index (κ2) is 7.73. The largest absolute Gasteiger partial charge is 0.497 e. The summed E-state index contributed by atoms with van der Waals surface area (Å²) >= 11 is 0. The van der Waals surface area contributed by atoms with E-state index >= 15 is 0 Å². The summed E-state index contributed by atoms with van der Waals surface area (Å²) in [7, 11) is 5.09. The molecule has 0 saturated carbocycles. The Morgan fingerprint density at radius 2 is 1.92 bits per heavy atom. The highest BCUT2D eigenvalue weighted by atomic mass is 16.5. The summed E-state index contributed by atoms with van der Waals surface area (Å²) in [6, 6.07) is 10.7. The summed E-state index contributed by atoms with van der Waals surface area (Å²) in [4.78, 5) is 16.1. The summed E-state index contributed by atoms with van der Waals surface area (Å²) in [6.07, 6.45) is 2.23. The fourth-order valence-corrected chi connectivity index (χ4v) is 2.51. The van der Waals surface area contributed by atoms with E-state index in [1.807, 2.05) is 43.3 Å². The quantitative estimate of drug-likeness (QED) is 0.734. The van der Waals surface area contributed by atoms with Crippen molar-refractivity contribution >= 4 is 11.7 Å². The highest BCUT2D eigenvalue weighted by Crippen LogP contribution is 2.33. The van der Waals surface area contributed by atoms with Crippen molar-refractivity contribution in [2.24, 2.45) is 0 Å². The lowest BCUT2D eigenvalue weighted by atomic mass is 10.0. The van der Waals surface area contributed by atoms with E-state index in [-0.39, 0.29) is 12.1 Å². The number of carbonyl (C=O) groups excluding carboxylic acids is 1. The van der Waals surface area contributed by atoms with Gasteiger partial charge in [0, 0.05) is 19.8 Å². The third kappa shape index (κ3) is 3.98. The molecule has 0 bridgehead atoms. The monoisotopic (exact) mass is 328 g/mol. The smallest absolute Gasteiger partial charge is 0.324 e. The zero-order valence-corrected chi connectivity index (χ0v) is 14.7. The number of hydrogen-bond acceptors (Lipinski definition) is 3. The van der Waals surface area contributed by atoms with Gasteiger partial charge in [-0.25, -0.2) is 4.79 Å². The average Bonchev–Trinajstić information content (AvgIpc) is 3.08. The van der Waals surface area contributed by atoms with Crippen molar-refractivity contribution in [3.63, 3.8) is 0 Å². The van der Waals surface area contributed by atoms with Crippen LogP contribution in [0.4, 0.5) is 10.5 Å². The third-order valence-electron chi connectivity index (χ3n) is 3.66. The molecule has 5 nitrogen and oxygen atoms in total. The molecule has 1 aromatic heterocycles. The summed E-state index contributed by atoms with van der Waals surface area (Å²) in [5, 5.41) is 0. The van der Waals surface area contributed by atoms with E-state index in [1.54, 1.807) is 37.3 Å². The molecule has 0 aliphatic carbocycles. The highest BCUT2D eigenvalue weighted by Gasteiger charge is 2.30. The first-order chi connectivity index (χ1) is 11.4. The molecule has 0 fully saturated rings. The van der Waals surface area contributed by atoms with Crippen molar-refractivity contribution in [1.82, 2.24) is 4.90 Å². The maximum absolute atomic E-state index is 12.9. The minimum Gasteiger partial charge on any atom is -0.497 e. The van der Waals surface area contributed by atoms with Gasteiger partial charge in [0.1, 0.15) is 17.6 Å². The van der Waals surface area contributed by atoms with Crippen LogP contribution in [0.25, 0.3) is 0 Å². The van der Waals surface area contributed by atoms with Gasteiger partial charge in [0.05, 0.1) is 13.4 Å². The van der Waals surface area contributed by atoms with Crippen molar-refractivity contribution in [2.75, 3.05) is 26.1 Å². The van der Waals surface area contributed by atoms with Crippen molar-refractivity contribution in [2.45, 2.75) is 19.4 Å². The summed E-state index contributed by atoms with van der Waals surface area (Å²) in [5.74, 6) is 1.47. The molecule has 24 heavy (non-hydrogen) atoms. The van der Waals surface area contributed by atoms with Gasteiger partial charge in [-0.3, -0.25) is 4.90 Å². The molecule has 5 heteroatoms. The van der Waals surface area contributed by atoms with Crippen LogP contribution >= 0.6 is 0 Å². The highest BCUT2D eigenvalue weighted by molar-refractivity contribution is 5.92. The standard InChI is InChI=1S/C19H24N2O3/c1-14(2)13-17(18-7-6-12-24-18)21(19(22)20(3)4)15-8-10-16(23-5)11-9-15/h6-12,17H,1,13H2,2-5H3. The van der Waals surface area contributed by atoms with E-state index in [9.17, 15) is 4.79 Å². The summed E-state index contributed by atoms with van der Waals surface area (Å²) < 4.78 is 10.8. The Balaban J connectivity index is 2.49. The fraction of sp³-hybridized carbons (Fsp3) is 0.316. The Labute approximate surface area is 143 Å². The Bertz CT molecular complexity index is 675. The number of methoxy groups -OCH3 is 1. The predicted molar refractivity (Wildman–Crippen MR) is 95.4 cm³/mol. The summed E-state index contributed by atoms with van der Waals surface area (Å²) in [6.45, 7) is 5.95. The van der Waals surface area contributed by atoms with E-state index in [2.05, 4.69) is 6.58 Å². The normalized spacial score (nSPS) is 11.7. The van der Waals surface area contributed by atoms with Crippen LogP contribution in [-0.4, -0.2) is 32.1 Å². The number of urea groups is 1. The lowest BCUT2D eigenvalue weighted by Crippen LogP contribution is -2.42. The van der Waals surface area contributed by atoms with E-state index < -0.39 is 0 Å². The van der Waals surface area contributed by atoms with Crippen LogP contribution < -0.4 is 9.64 Å². The van der Waals surface area contributed by atoms with Crippen LogP contribution in [0, 0.1) is 0 Å². The maximum atomic E-state index is 12.9. The molecule has 1 atom stereocenters. The predicted octanol–water partition coefficient (Wildman–Crippen LogP) is 4.48. The third-order valence-corrected chi connectivity index (χ3v) is 3.66. The molecule has 0 N–H and O–H groups in total. The molecule has 0 radical (unpaired) electrons. The molecule has 0 aliphatic heterocycles. The maximum Gasteiger partial charge on any atom is 0.324 e. The molecule has 1 heterocycles. The van der Waals surface area contributed by atoms with Gasteiger partial charge in [0.25, 0.3) is 0 Å². The molecule has 2 aromatic rings. The van der Waals surface area contributed by atoms with Crippen molar-refractivity contribution in [1.29, 1.82) is 0 Å². The molecule has 1 unspecified atom stereocenters. The molecular weight excluding hydrogens is 304 g/mol. The van der Waals surface area contributed by atoms with E-state index in [0.29, 0.717) is 6.42 Å². The van der Waals surface area contributed by atoms with Crippen LogP contribution in [0.1, 0.15) is 25.1 Å². The van der Waals surface area contributed by atoms with Crippen LogP contribution in [0.5, 0.6) is 5.75 Å². The number of furan rings is 1. The second-order valence-electron chi connectivity index (χ2n) is 5.94. The molecule has 0 saturated heterocycles. The number of amides is 2. The van der Waals surface area contributed by atoms with E-state index in [1.165, 1.54) is 0 Å². The minimum atomic E-state index is -0.263. The molecule has 0 aliphatic rings. The Morgan fingerprint density at radius 1 is 1.25 bits per heavy atom. The van der Waals surface area contributed by atoms with Gasteiger partial charge in [-0.05, 0) is 49.7 Å². The zero-order valence-electron chi connectivity index (χ0n) is 14.7. The molecule has 0 spiro atoms. The number of benzene rings is 1. The number of nitrogens with zero attached hydrogens (tertiary/aromatic N) is 2. The first-order valence-corrected chi connectivity index (χ1v) is 7.76.